The van der Waals surface area contributed by atoms with Gasteiger partial charge in [0.15, 0.2) is 11.5 Å². The lowest BCUT2D eigenvalue weighted by Gasteiger charge is -2.30. The number of nitrogens with zero attached hydrogens (tertiary/aromatic N) is 4. The fourth-order valence-electron chi connectivity index (χ4n) is 4.59. The van der Waals surface area contributed by atoms with E-state index < -0.39 is 0 Å². The molecule has 1 amide bonds. The van der Waals surface area contributed by atoms with Gasteiger partial charge in [0.25, 0.3) is 5.91 Å². The maximum Gasteiger partial charge on any atom is 0.255 e. The van der Waals surface area contributed by atoms with E-state index >= 15 is 0 Å². The number of fused-ring (bicyclic) bond motifs is 2. The number of pyridine rings is 1. The summed E-state index contributed by atoms with van der Waals surface area (Å²) in [6.07, 6.45) is 17.3. The van der Waals surface area contributed by atoms with Crippen molar-refractivity contribution in [3.8, 4) is 0 Å². The number of amides is 1. The Morgan fingerprint density at radius 1 is 1.19 bits per heavy atom. The van der Waals surface area contributed by atoms with Crippen LogP contribution in [0.15, 0.2) is 71.9 Å². The molecule has 3 aliphatic heterocycles. The Morgan fingerprint density at radius 2 is 2.03 bits per heavy atom. The second kappa shape index (κ2) is 8.02. The monoisotopic (exact) mass is 430 g/mol. The molecule has 164 valence electrons. The molecule has 0 saturated carbocycles. The highest BCUT2D eigenvalue weighted by Crippen LogP contribution is 2.33. The van der Waals surface area contributed by atoms with Gasteiger partial charge in [0.2, 0.25) is 0 Å². The molecule has 5 heterocycles. The second-order valence-electron chi connectivity index (χ2n) is 8.92. The molecule has 5 nitrogen and oxygen atoms in total. The molecule has 0 radical (unpaired) electrons. The van der Waals surface area contributed by atoms with Crippen molar-refractivity contribution in [2.45, 2.75) is 26.7 Å². The van der Waals surface area contributed by atoms with Gasteiger partial charge in [0.1, 0.15) is 0 Å². The molecule has 0 aliphatic carbocycles. The van der Waals surface area contributed by atoms with Crippen LogP contribution in [0.2, 0.25) is 0 Å². The van der Waals surface area contributed by atoms with E-state index in [1.54, 1.807) is 21.6 Å². The Morgan fingerprint density at radius 3 is 2.81 bits per heavy atom. The van der Waals surface area contributed by atoms with Gasteiger partial charge in [0, 0.05) is 54.6 Å². The van der Waals surface area contributed by atoms with Crippen LogP contribution in [-0.4, -0.2) is 45.2 Å². The fourth-order valence-corrected chi connectivity index (χ4v) is 4.59. The molecule has 3 aliphatic rings. The highest BCUT2D eigenvalue weighted by Gasteiger charge is 2.25. The van der Waals surface area contributed by atoms with E-state index in [2.05, 4.69) is 36.0 Å². The van der Waals surface area contributed by atoms with Crippen molar-refractivity contribution in [2.24, 2.45) is 5.92 Å². The molecule has 2 aromatic rings. The summed E-state index contributed by atoms with van der Waals surface area (Å²) in [5.74, 6) is -0.169. The summed E-state index contributed by atoms with van der Waals surface area (Å²) in [6.45, 7) is 5.94. The van der Waals surface area contributed by atoms with Crippen molar-refractivity contribution in [3.63, 3.8) is 0 Å². The van der Waals surface area contributed by atoms with E-state index in [0.717, 1.165) is 48.5 Å². The molecule has 0 fully saturated rings. The van der Waals surface area contributed by atoms with E-state index in [0.29, 0.717) is 11.2 Å². The minimum atomic E-state index is -0.379. The lowest BCUT2D eigenvalue weighted by atomic mass is 9.86. The van der Waals surface area contributed by atoms with Crippen LogP contribution in [0.1, 0.15) is 31.0 Å². The predicted octanol–water partition coefficient (Wildman–Crippen LogP) is 4.63. The van der Waals surface area contributed by atoms with Gasteiger partial charge >= 0.3 is 0 Å². The molecule has 0 N–H and O–H groups in total. The molecule has 2 aromatic heterocycles. The molecule has 0 saturated heterocycles. The number of rotatable bonds is 2. The number of allylic oxidation sites excluding steroid dienone is 5. The van der Waals surface area contributed by atoms with Crippen molar-refractivity contribution in [2.75, 3.05) is 20.1 Å². The van der Waals surface area contributed by atoms with Gasteiger partial charge in [-0.25, -0.2) is 9.37 Å². The van der Waals surface area contributed by atoms with Crippen LogP contribution < -0.4 is 0 Å². The zero-order valence-electron chi connectivity index (χ0n) is 18.7. The summed E-state index contributed by atoms with van der Waals surface area (Å²) in [4.78, 5) is 21.5. The van der Waals surface area contributed by atoms with Crippen LogP contribution in [0.25, 0.3) is 11.2 Å². The van der Waals surface area contributed by atoms with Crippen molar-refractivity contribution in [1.29, 1.82) is 0 Å². The van der Waals surface area contributed by atoms with E-state index in [-0.39, 0.29) is 17.6 Å². The number of halogens is 1. The van der Waals surface area contributed by atoms with Crippen LogP contribution in [0.3, 0.4) is 0 Å². The maximum atomic E-state index is 14.6. The Kier molecular flexibility index (Phi) is 5.18. The van der Waals surface area contributed by atoms with Crippen molar-refractivity contribution in [1.82, 2.24) is 19.2 Å². The summed E-state index contributed by atoms with van der Waals surface area (Å²) in [6, 6.07) is 1.48. The first kappa shape index (κ1) is 20.6. The first-order chi connectivity index (χ1) is 15.4. The van der Waals surface area contributed by atoms with Gasteiger partial charge in [-0.05, 0) is 56.0 Å². The highest BCUT2D eigenvalue weighted by atomic mass is 19.1. The molecule has 0 spiro atoms. The van der Waals surface area contributed by atoms with Gasteiger partial charge in [0.05, 0.1) is 5.69 Å². The van der Waals surface area contributed by atoms with E-state index in [4.69, 9.17) is 0 Å². The van der Waals surface area contributed by atoms with Crippen LogP contribution in [0, 0.1) is 18.7 Å². The SMILES string of the molecule is Cc1cn2cc(C3=CN4C(=O)C=C(C5=CCN(C)CC5)C(C)CC=C4C=C3)cc(F)c2n1. The molecule has 32 heavy (non-hydrogen) atoms. The predicted molar refractivity (Wildman–Crippen MR) is 124 cm³/mol. The van der Waals surface area contributed by atoms with Crippen molar-refractivity contribution < 1.29 is 9.18 Å². The van der Waals surface area contributed by atoms with Crippen LogP contribution in [-0.2, 0) is 4.79 Å². The molecule has 1 unspecified atom stereocenters. The van der Waals surface area contributed by atoms with Crippen LogP contribution >= 0.6 is 0 Å². The normalized spacial score (nSPS) is 22.1. The Bertz CT molecular complexity index is 1260. The van der Waals surface area contributed by atoms with E-state index in [9.17, 15) is 9.18 Å². The number of hydrogen-bond acceptors (Lipinski definition) is 3. The average molecular weight is 431 g/mol. The minimum absolute atomic E-state index is 0.0699. The molecule has 6 heteroatoms. The molecule has 5 rings (SSSR count). The van der Waals surface area contributed by atoms with E-state index in [1.165, 1.54) is 11.6 Å². The summed E-state index contributed by atoms with van der Waals surface area (Å²) in [5, 5.41) is 0. The van der Waals surface area contributed by atoms with Crippen molar-refractivity contribution in [3.05, 3.63) is 89.0 Å². The number of carbonyl (C=O) groups excluding carboxylic acids is 1. The average Bonchev–Trinajstić information content (AvgIpc) is 3.16. The number of carbonyl (C=O) groups is 1. The highest BCUT2D eigenvalue weighted by molar-refractivity contribution is 5.94. The van der Waals surface area contributed by atoms with Gasteiger partial charge in [-0.1, -0.05) is 25.2 Å². The number of likely N-dealkylation sites (N-methyl/N-ethyl adjacent to an activating group) is 1. The first-order valence-electron chi connectivity index (χ1n) is 11.1. The van der Waals surface area contributed by atoms with Gasteiger partial charge in [-0.3, -0.25) is 9.69 Å². The van der Waals surface area contributed by atoms with Gasteiger partial charge in [-0.15, -0.1) is 0 Å². The largest absolute Gasteiger partial charge is 0.304 e. The standard InChI is InChI=1S/C26H27FN4O/c1-17-4-6-22-7-5-20(21-12-24(27)26-28-18(2)14-30(26)15-21)16-31(22)25(32)13-23(17)19-8-10-29(3)11-9-19/h5-8,12-17H,4,9-11H2,1-3H3. The number of aryl methyl sites for hydroxylation is 1. The summed E-state index contributed by atoms with van der Waals surface area (Å²) in [7, 11) is 2.11. The molecule has 1 atom stereocenters. The molecular weight excluding hydrogens is 403 g/mol. The zero-order valence-corrected chi connectivity index (χ0v) is 18.7. The summed E-state index contributed by atoms with van der Waals surface area (Å²) in [5.41, 5.74) is 5.82. The zero-order chi connectivity index (χ0) is 22.4. The molecule has 0 bridgehead atoms. The van der Waals surface area contributed by atoms with Crippen LogP contribution in [0.5, 0.6) is 0 Å². The Labute approximate surface area is 187 Å². The lowest BCUT2D eigenvalue weighted by Crippen LogP contribution is -2.29. The number of imidazole rings is 1. The number of hydrogen-bond donors (Lipinski definition) is 0. The third-order valence-electron chi connectivity index (χ3n) is 6.45. The second-order valence-corrected chi connectivity index (χ2v) is 8.92. The lowest BCUT2D eigenvalue weighted by molar-refractivity contribution is -0.122. The quantitative estimate of drug-likeness (QED) is 0.697. The van der Waals surface area contributed by atoms with Gasteiger partial charge < -0.3 is 9.30 Å². The summed E-state index contributed by atoms with van der Waals surface area (Å²) < 4.78 is 16.3. The summed E-state index contributed by atoms with van der Waals surface area (Å²) >= 11 is 0. The van der Waals surface area contributed by atoms with Crippen molar-refractivity contribution >= 4 is 17.1 Å². The van der Waals surface area contributed by atoms with Gasteiger partial charge in [-0.2, -0.15) is 0 Å². The smallest absolute Gasteiger partial charge is 0.255 e. The topological polar surface area (TPSA) is 40.9 Å². The third kappa shape index (κ3) is 3.75. The minimum Gasteiger partial charge on any atom is -0.304 e. The Balaban J connectivity index is 1.51. The number of aromatic nitrogens is 2. The molecular formula is C26H27FN4O. The van der Waals surface area contributed by atoms with Crippen LogP contribution in [0.4, 0.5) is 4.39 Å². The first-order valence-corrected chi connectivity index (χ1v) is 11.1. The molecule has 0 aromatic carbocycles. The third-order valence-corrected chi connectivity index (χ3v) is 6.45. The maximum absolute atomic E-state index is 14.6. The van der Waals surface area contributed by atoms with E-state index in [1.807, 2.05) is 31.5 Å². The Hall–Kier alpha value is -3.25. The fraction of sp³-hybridized carbons (Fsp3) is 0.308.